The van der Waals surface area contributed by atoms with Gasteiger partial charge < -0.3 is 20.0 Å². The topological polar surface area (TPSA) is 115 Å². The number of nitrogens with one attached hydrogen (secondary N) is 2. The van der Waals surface area contributed by atoms with Crippen LogP contribution in [0.4, 0.5) is 23.0 Å². The average molecular weight is 603 g/mol. The molecule has 43 heavy (non-hydrogen) atoms. The second kappa shape index (κ2) is 12.2. The molecule has 0 spiro atoms. The summed E-state index contributed by atoms with van der Waals surface area (Å²) < 4.78 is 29.0. The fourth-order valence-electron chi connectivity index (χ4n) is 5.78. The first-order valence-corrected chi connectivity index (χ1v) is 16.5. The molecule has 6 rings (SSSR count). The molecule has 1 unspecified atom stereocenters. The summed E-state index contributed by atoms with van der Waals surface area (Å²) in [6.07, 6.45) is 3.68. The number of hydrogen-bond acceptors (Lipinski definition) is 8. The first kappa shape index (κ1) is 28.9. The van der Waals surface area contributed by atoms with Crippen LogP contribution in [0.3, 0.4) is 0 Å². The molecule has 226 valence electrons. The Bertz CT molecular complexity index is 1700. The average Bonchev–Trinajstić information content (AvgIpc) is 3.45. The highest BCUT2D eigenvalue weighted by Gasteiger charge is 2.30. The molecule has 2 aliphatic heterocycles. The van der Waals surface area contributed by atoms with Gasteiger partial charge in [-0.2, -0.15) is 0 Å². The first-order valence-electron chi connectivity index (χ1n) is 14.8. The van der Waals surface area contributed by atoms with Crippen LogP contribution in [-0.2, 0) is 14.8 Å². The van der Waals surface area contributed by atoms with Crippen LogP contribution in [0.15, 0.2) is 66.9 Å². The summed E-state index contributed by atoms with van der Waals surface area (Å²) in [5, 5.41) is 8.01. The number of piperidine rings is 1. The summed E-state index contributed by atoms with van der Waals surface area (Å²) in [7, 11) is -1.34. The number of sulfonamides is 1. The summed E-state index contributed by atoms with van der Waals surface area (Å²) >= 11 is 0. The molecule has 1 atom stereocenters. The van der Waals surface area contributed by atoms with Crippen LogP contribution >= 0.6 is 0 Å². The molecule has 0 aliphatic carbocycles. The number of likely N-dealkylation sites (N-methyl/N-ethyl adjacent to an activating group) is 1. The number of fused-ring (bicyclic) bond motifs is 1. The summed E-state index contributed by atoms with van der Waals surface area (Å²) in [6.45, 7) is 6.79. The minimum atomic E-state index is -3.44. The summed E-state index contributed by atoms with van der Waals surface area (Å²) in [5.41, 5.74) is 4.69. The lowest BCUT2D eigenvalue weighted by molar-refractivity contribution is -0.137. The van der Waals surface area contributed by atoms with Gasteiger partial charge in [0.05, 0.1) is 34.8 Å². The molecule has 0 bridgehead atoms. The molecule has 2 saturated heterocycles. The molecular formula is C31H38N8O3S. The standard InChI is InChI=1S/C31H38N8O3S/c1-3-43(41,42)35-28-9-5-4-8-27(28)29-15-14-26-21-32-31(34-39(26)29)33-24-10-12-25(13-11-24)38-16-6-7-23(22-38)30(40)37-19-17-36(2)18-20-37/h4-5,8-15,21,23,35H,3,6-7,16-20,22H2,1-2H3,(H,33,34). The van der Waals surface area contributed by atoms with E-state index < -0.39 is 10.0 Å². The maximum absolute atomic E-state index is 13.2. The van der Waals surface area contributed by atoms with Crippen LogP contribution in [0.2, 0.25) is 0 Å². The maximum Gasteiger partial charge on any atom is 0.245 e. The van der Waals surface area contributed by atoms with Crippen molar-refractivity contribution < 1.29 is 13.2 Å². The van der Waals surface area contributed by atoms with Gasteiger partial charge in [-0.1, -0.05) is 18.2 Å². The van der Waals surface area contributed by atoms with Crippen molar-refractivity contribution in [1.82, 2.24) is 24.4 Å². The summed E-state index contributed by atoms with van der Waals surface area (Å²) in [5.74, 6) is 0.727. The fraction of sp³-hybridized carbons (Fsp3) is 0.387. The molecule has 2 aromatic heterocycles. The van der Waals surface area contributed by atoms with Gasteiger partial charge in [-0.05, 0) is 69.3 Å². The van der Waals surface area contributed by atoms with Gasteiger partial charge in [0.15, 0.2) is 0 Å². The van der Waals surface area contributed by atoms with Crippen molar-refractivity contribution in [2.75, 3.05) is 67.0 Å². The van der Waals surface area contributed by atoms with E-state index in [1.807, 2.05) is 41.3 Å². The number of aromatic nitrogens is 3. The van der Waals surface area contributed by atoms with Crippen molar-refractivity contribution in [3.05, 3.63) is 66.9 Å². The summed E-state index contributed by atoms with van der Waals surface area (Å²) in [4.78, 5) is 24.3. The number of carbonyl (C=O) groups is 1. The Hall–Kier alpha value is -4.16. The van der Waals surface area contributed by atoms with Gasteiger partial charge in [-0.25, -0.2) is 17.9 Å². The Labute approximate surface area is 252 Å². The zero-order valence-electron chi connectivity index (χ0n) is 24.6. The minimum Gasteiger partial charge on any atom is -0.371 e. The lowest BCUT2D eigenvalue weighted by Crippen LogP contribution is -2.51. The number of anilines is 4. The number of piperazine rings is 1. The van der Waals surface area contributed by atoms with E-state index in [2.05, 4.69) is 44.0 Å². The molecule has 12 heteroatoms. The van der Waals surface area contributed by atoms with E-state index in [1.54, 1.807) is 29.8 Å². The van der Waals surface area contributed by atoms with Crippen molar-refractivity contribution in [1.29, 1.82) is 0 Å². The highest BCUT2D eigenvalue weighted by Crippen LogP contribution is 2.31. The third-order valence-electron chi connectivity index (χ3n) is 8.32. The van der Waals surface area contributed by atoms with Crippen LogP contribution in [0.25, 0.3) is 16.8 Å². The Balaban J connectivity index is 1.16. The van der Waals surface area contributed by atoms with Crippen LogP contribution < -0.4 is 14.9 Å². The molecule has 2 aliphatic rings. The van der Waals surface area contributed by atoms with Crippen molar-refractivity contribution in [2.45, 2.75) is 19.8 Å². The van der Waals surface area contributed by atoms with Gasteiger partial charge in [0.25, 0.3) is 0 Å². The van der Waals surface area contributed by atoms with Crippen LogP contribution in [0.1, 0.15) is 19.8 Å². The zero-order chi connectivity index (χ0) is 30.0. The van der Waals surface area contributed by atoms with Crippen molar-refractivity contribution in [3.63, 3.8) is 0 Å². The van der Waals surface area contributed by atoms with E-state index in [0.717, 1.165) is 80.3 Å². The van der Waals surface area contributed by atoms with Crippen LogP contribution in [0, 0.1) is 5.92 Å². The second-order valence-corrected chi connectivity index (χ2v) is 13.3. The first-order chi connectivity index (χ1) is 20.8. The van der Waals surface area contributed by atoms with Gasteiger partial charge >= 0.3 is 0 Å². The number of carbonyl (C=O) groups excluding carboxylic acids is 1. The number of benzene rings is 2. The largest absolute Gasteiger partial charge is 0.371 e. The van der Waals surface area contributed by atoms with Crippen LogP contribution in [0.5, 0.6) is 0 Å². The van der Waals surface area contributed by atoms with Crippen molar-refractivity contribution in [2.24, 2.45) is 5.92 Å². The lowest BCUT2D eigenvalue weighted by Gasteiger charge is -2.38. The maximum atomic E-state index is 13.2. The second-order valence-electron chi connectivity index (χ2n) is 11.3. The quantitative estimate of drug-likeness (QED) is 0.312. The number of rotatable bonds is 8. The number of amides is 1. The molecule has 1 amide bonds. The Morgan fingerprint density at radius 3 is 2.51 bits per heavy atom. The molecule has 2 N–H and O–H groups in total. The number of nitrogens with zero attached hydrogens (tertiary/aromatic N) is 6. The van der Waals surface area contributed by atoms with E-state index in [-0.39, 0.29) is 11.7 Å². The van der Waals surface area contributed by atoms with Crippen molar-refractivity contribution in [3.8, 4) is 11.3 Å². The SMILES string of the molecule is CCS(=O)(=O)Nc1ccccc1-c1ccc2cnc(Nc3ccc(N4CCCC(C(=O)N5CCN(C)CC5)C4)cc3)nn12. The van der Waals surface area contributed by atoms with E-state index in [1.165, 1.54) is 0 Å². The van der Waals surface area contributed by atoms with Gasteiger partial charge in [0.2, 0.25) is 21.9 Å². The summed E-state index contributed by atoms with van der Waals surface area (Å²) in [6, 6.07) is 19.2. The molecule has 4 aromatic rings. The van der Waals surface area contributed by atoms with E-state index in [0.29, 0.717) is 17.5 Å². The third-order valence-corrected chi connectivity index (χ3v) is 9.61. The van der Waals surface area contributed by atoms with Gasteiger partial charge in [-0.15, -0.1) is 5.10 Å². The fourth-order valence-corrected chi connectivity index (χ4v) is 6.44. The predicted molar refractivity (Wildman–Crippen MR) is 170 cm³/mol. The lowest BCUT2D eigenvalue weighted by atomic mass is 9.95. The normalized spacial score (nSPS) is 18.1. The number of para-hydroxylation sites is 1. The van der Waals surface area contributed by atoms with Crippen molar-refractivity contribution >= 4 is 44.5 Å². The third kappa shape index (κ3) is 6.45. The molecule has 0 saturated carbocycles. The Morgan fingerprint density at radius 2 is 1.74 bits per heavy atom. The van der Waals surface area contributed by atoms with E-state index in [9.17, 15) is 13.2 Å². The van der Waals surface area contributed by atoms with E-state index in [4.69, 9.17) is 5.10 Å². The zero-order valence-corrected chi connectivity index (χ0v) is 25.4. The Morgan fingerprint density at radius 1 is 0.977 bits per heavy atom. The van der Waals surface area contributed by atoms with Gasteiger partial charge in [-0.3, -0.25) is 9.52 Å². The molecular weight excluding hydrogens is 564 g/mol. The molecule has 0 radical (unpaired) electrons. The molecule has 4 heterocycles. The molecule has 2 fully saturated rings. The highest BCUT2D eigenvalue weighted by molar-refractivity contribution is 7.92. The van der Waals surface area contributed by atoms with Gasteiger partial charge in [0.1, 0.15) is 0 Å². The van der Waals surface area contributed by atoms with Crippen LogP contribution in [-0.4, -0.2) is 90.8 Å². The molecule has 2 aromatic carbocycles. The minimum absolute atomic E-state index is 0.0155. The number of hydrogen-bond donors (Lipinski definition) is 2. The Kier molecular flexibility index (Phi) is 8.22. The predicted octanol–water partition coefficient (Wildman–Crippen LogP) is 3.89. The smallest absolute Gasteiger partial charge is 0.245 e. The molecule has 11 nitrogen and oxygen atoms in total. The van der Waals surface area contributed by atoms with Gasteiger partial charge in [0, 0.05) is 56.2 Å². The highest BCUT2D eigenvalue weighted by atomic mass is 32.2. The monoisotopic (exact) mass is 602 g/mol. The van der Waals surface area contributed by atoms with E-state index >= 15 is 0 Å².